The Morgan fingerprint density at radius 1 is 1.38 bits per heavy atom. The van der Waals surface area contributed by atoms with Crippen molar-refractivity contribution in [2.75, 3.05) is 26.8 Å². The average molecular weight is 329 g/mol. The lowest BCUT2D eigenvalue weighted by atomic mass is 10.0. The van der Waals surface area contributed by atoms with Crippen LogP contribution in [0.4, 0.5) is 0 Å². The highest BCUT2D eigenvalue weighted by atomic mass is 16.5. The molecular weight excluding hydrogens is 306 g/mol. The predicted octanol–water partition coefficient (Wildman–Crippen LogP) is 1.89. The Balaban J connectivity index is 1.60. The third-order valence-electron chi connectivity index (χ3n) is 4.56. The highest BCUT2D eigenvalue weighted by Gasteiger charge is 2.41. The van der Waals surface area contributed by atoms with Crippen LogP contribution in [0.5, 0.6) is 5.75 Å². The molecule has 128 valence electrons. The van der Waals surface area contributed by atoms with Crippen LogP contribution < -0.4 is 4.74 Å². The van der Waals surface area contributed by atoms with Crippen molar-refractivity contribution in [1.29, 1.82) is 0 Å². The summed E-state index contributed by atoms with van der Waals surface area (Å²) in [5, 5.41) is 0. The summed E-state index contributed by atoms with van der Waals surface area (Å²) < 4.78 is 13.5. The minimum Gasteiger partial charge on any atom is -0.490 e. The molecule has 1 aromatic heterocycles. The van der Waals surface area contributed by atoms with Gasteiger partial charge < -0.3 is 18.9 Å². The number of imidazole rings is 1. The highest BCUT2D eigenvalue weighted by Crippen LogP contribution is 2.27. The molecule has 2 aromatic rings. The number of para-hydroxylation sites is 1. The Labute approximate surface area is 142 Å². The molecule has 0 saturated carbocycles. The molecule has 0 radical (unpaired) electrons. The highest BCUT2D eigenvalue weighted by molar-refractivity contribution is 5.76. The molecule has 1 aliphatic rings. The van der Waals surface area contributed by atoms with Crippen molar-refractivity contribution in [1.82, 2.24) is 14.5 Å². The van der Waals surface area contributed by atoms with Crippen molar-refractivity contribution >= 4 is 5.91 Å². The Hall–Kier alpha value is -2.34. The quantitative estimate of drug-likeness (QED) is 0.812. The third kappa shape index (κ3) is 3.59. The first kappa shape index (κ1) is 16.5. The maximum Gasteiger partial charge on any atom is 0.242 e. The summed E-state index contributed by atoms with van der Waals surface area (Å²) in [6, 6.07) is 7.91. The van der Waals surface area contributed by atoms with Crippen molar-refractivity contribution in [3.05, 3.63) is 48.5 Å². The van der Waals surface area contributed by atoms with Gasteiger partial charge in [-0.2, -0.15) is 0 Å². The zero-order chi connectivity index (χ0) is 17.0. The largest absolute Gasteiger partial charge is 0.490 e. The van der Waals surface area contributed by atoms with Crippen molar-refractivity contribution in [3.63, 3.8) is 0 Å². The van der Waals surface area contributed by atoms with Crippen LogP contribution in [0.25, 0.3) is 0 Å². The number of aryl methyl sites for hydroxylation is 1. The molecule has 2 heterocycles. The fraction of sp³-hybridized carbons (Fsp3) is 0.444. The van der Waals surface area contributed by atoms with Crippen LogP contribution in [0.2, 0.25) is 0 Å². The van der Waals surface area contributed by atoms with Crippen LogP contribution in [-0.2, 0) is 16.1 Å². The van der Waals surface area contributed by atoms with E-state index in [0.29, 0.717) is 26.2 Å². The second-order valence-corrected chi connectivity index (χ2v) is 6.24. The van der Waals surface area contributed by atoms with Crippen LogP contribution in [0.3, 0.4) is 0 Å². The molecule has 0 aliphatic carbocycles. The van der Waals surface area contributed by atoms with Crippen LogP contribution in [0.1, 0.15) is 12.0 Å². The first-order chi connectivity index (χ1) is 11.6. The molecule has 6 nitrogen and oxygen atoms in total. The summed E-state index contributed by atoms with van der Waals surface area (Å²) in [5.41, 5.74) is 0.641. The summed E-state index contributed by atoms with van der Waals surface area (Å²) >= 11 is 0. The van der Waals surface area contributed by atoms with E-state index < -0.39 is 5.60 Å². The zero-order valence-electron chi connectivity index (χ0n) is 14.1. The van der Waals surface area contributed by atoms with Gasteiger partial charge in [0.1, 0.15) is 24.5 Å². The number of benzene rings is 1. The molecule has 6 heteroatoms. The minimum atomic E-state index is -0.452. The van der Waals surface area contributed by atoms with E-state index in [-0.39, 0.29) is 5.91 Å². The van der Waals surface area contributed by atoms with E-state index in [2.05, 4.69) is 4.98 Å². The normalized spacial score (nSPS) is 20.3. The number of likely N-dealkylation sites (tertiary alicyclic amines) is 1. The number of carbonyl (C=O) groups is 1. The summed E-state index contributed by atoms with van der Waals surface area (Å²) in [5.74, 6) is 0.930. The van der Waals surface area contributed by atoms with E-state index in [4.69, 9.17) is 9.47 Å². The van der Waals surface area contributed by atoms with Gasteiger partial charge in [0.25, 0.3) is 0 Å². The van der Waals surface area contributed by atoms with Crippen molar-refractivity contribution in [2.24, 2.45) is 0 Å². The van der Waals surface area contributed by atoms with E-state index in [9.17, 15) is 4.79 Å². The van der Waals surface area contributed by atoms with E-state index in [1.54, 1.807) is 30.4 Å². The summed E-state index contributed by atoms with van der Waals surface area (Å²) in [7, 11) is 1.69. The van der Waals surface area contributed by atoms with Crippen LogP contribution in [0.15, 0.2) is 43.0 Å². The lowest BCUT2D eigenvalue weighted by molar-refractivity contribution is -0.132. The molecule has 24 heavy (non-hydrogen) atoms. The first-order valence-corrected chi connectivity index (χ1v) is 8.09. The Morgan fingerprint density at radius 2 is 2.21 bits per heavy atom. The van der Waals surface area contributed by atoms with E-state index >= 15 is 0 Å². The number of rotatable bonds is 6. The Kier molecular flexibility index (Phi) is 4.85. The molecule has 0 spiro atoms. The topological polar surface area (TPSA) is 56.6 Å². The maximum absolute atomic E-state index is 12.4. The van der Waals surface area contributed by atoms with Gasteiger partial charge in [0.15, 0.2) is 0 Å². The van der Waals surface area contributed by atoms with Crippen LogP contribution in [0, 0.1) is 6.92 Å². The lowest BCUT2D eigenvalue weighted by Gasteiger charge is -2.28. The third-order valence-corrected chi connectivity index (χ3v) is 4.56. The fourth-order valence-electron chi connectivity index (χ4n) is 2.96. The lowest BCUT2D eigenvalue weighted by Crippen LogP contribution is -2.43. The molecule has 1 atom stereocenters. The van der Waals surface area contributed by atoms with Gasteiger partial charge in [0.2, 0.25) is 5.91 Å². The van der Waals surface area contributed by atoms with E-state index in [1.165, 1.54) is 0 Å². The Morgan fingerprint density at radius 3 is 2.92 bits per heavy atom. The monoisotopic (exact) mass is 329 g/mol. The standard InChI is InChI=1S/C18H23N3O3/c1-15-5-3-4-6-16(15)24-13-18(23-2)7-9-21(12-18)17(22)11-20-10-8-19-14-20/h3-6,8,10,14H,7,9,11-13H2,1-2H3/t18-/m0/s1. The van der Waals surface area contributed by atoms with Gasteiger partial charge in [-0.15, -0.1) is 0 Å². The molecule has 1 amide bonds. The van der Waals surface area contributed by atoms with Gasteiger partial charge in [0.05, 0.1) is 12.9 Å². The summed E-state index contributed by atoms with van der Waals surface area (Å²) in [4.78, 5) is 18.2. The fourth-order valence-corrected chi connectivity index (χ4v) is 2.96. The zero-order valence-corrected chi connectivity index (χ0v) is 14.1. The molecule has 1 saturated heterocycles. The number of ether oxygens (including phenoxy) is 2. The van der Waals surface area contributed by atoms with E-state index in [1.807, 2.05) is 36.1 Å². The van der Waals surface area contributed by atoms with E-state index in [0.717, 1.165) is 17.7 Å². The Bertz CT molecular complexity index is 687. The number of hydrogen-bond acceptors (Lipinski definition) is 4. The minimum absolute atomic E-state index is 0.0721. The first-order valence-electron chi connectivity index (χ1n) is 8.09. The molecule has 0 N–H and O–H groups in total. The van der Waals surface area contributed by atoms with Crippen LogP contribution >= 0.6 is 0 Å². The SMILES string of the molecule is CO[C@@]1(COc2ccccc2C)CCN(C(=O)Cn2ccnc2)C1. The number of carbonyl (C=O) groups excluding carboxylic acids is 1. The van der Waals surface area contributed by atoms with Gasteiger partial charge in [-0.25, -0.2) is 4.98 Å². The molecular formula is C18H23N3O3. The number of nitrogens with zero attached hydrogens (tertiary/aromatic N) is 3. The number of methoxy groups -OCH3 is 1. The number of aromatic nitrogens is 2. The molecule has 1 aliphatic heterocycles. The number of hydrogen-bond donors (Lipinski definition) is 0. The average Bonchev–Trinajstić information content (AvgIpc) is 3.24. The second-order valence-electron chi connectivity index (χ2n) is 6.24. The summed E-state index contributed by atoms with van der Waals surface area (Å²) in [6.07, 6.45) is 5.88. The molecule has 0 bridgehead atoms. The molecule has 0 unspecified atom stereocenters. The van der Waals surface area contributed by atoms with Gasteiger partial charge in [-0.1, -0.05) is 18.2 Å². The number of amides is 1. The van der Waals surface area contributed by atoms with Gasteiger partial charge in [-0.3, -0.25) is 4.79 Å². The second kappa shape index (κ2) is 7.05. The van der Waals surface area contributed by atoms with Crippen molar-refractivity contribution in [2.45, 2.75) is 25.5 Å². The molecule has 1 fully saturated rings. The van der Waals surface area contributed by atoms with Crippen molar-refractivity contribution in [3.8, 4) is 5.75 Å². The molecule has 1 aromatic carbocycles. The van der Waals surface area contributed by atoms with Gasteiger partial charge in [-0.05, 0) is 25.0 Å². The maximum atomic E-state index is 12.4. The predicted molar refractivity (Wildman–Crippen MR) is 89.8 cm³/mol. The van der Waals surface area contributed by atoms with Crippen molar-refractivity contribution < 1.29 is 14.3 Å². The summed E-state index contributed by atoms with van der Waals surface area (Å²) in [6.45, 7) is 3.98. The van der Waals surface area contributed by atoms with Gasteiger partial charge in [0, 0.05) is 26.0 Å². The smallest absolute Gasteiger partial charge is 0.242 e. The van der Waals surface area contributed by atoms with Gasteiger partial charge >= 0.3 is 0 Å². The van der Waals surface area contributed by atoms with Crippen LogP contribution in [-0.4, -0.2) is 52.8 Å². The molecule has 3 rings (SSSR count).